The average molecular weight is 377 g/mol. The van der Waals surface area contributed by atoms with Crippen molar-refractivity contribution < 1.29 is 14.3 Å². The number of rotatable bonds is 6. The molecule has 1 amide bonds. The summed E-state index contributed by atoms with van der Waals surface area (Å²) in [5.74, 6) is 1.56. The Kier molecular flexibility index (Phi) is 7.91. The number of ether oxygens (including phenoxy) is 2. The number of para-hydroxylation sites is 1. The van der Waals surface area contributed by atoms with Crippen molar-refractivity contribution in [3.05, 3.63) is 59.7 Å². The molecule has 0 saturated carbocycles. The van der Waals surface area contributed by atoms with Gasteiger partial charge in [-0.25, -0.2) is 0 Å². The van der Waals surface area contributed by atoms with Crippen molar-refractivity contribution in [2.75, 3.05) is 19.8 Å². The first kappa shape index (κ1) is 20.2. The first-order valence-corrected chi connectivity index (χ1v) is 8.61. The number of halogens is 1. The highest BCUT2D eigenvalue weighted by Gasteiger charge is 2.17. The number of aryl methyl sites for hydroxylation is 1. The highest BCUT2D eigenvalue weighted by Crippen LogP contribution is 2.26. The van der Waals surface area contributed by atoms with Crippen LogP contribution in [-0.4, -0.2) is 31.7 Å². The number of carbonyl (C=O) groups excluding carboxylic acids is 1. The number of morpholine rings is 1. The van der Waals surface area contributed by atoms with E-state index < -0.39 is 0 Å². The molecule has 2 aromatic carbocycles. The standard InChI is InChI=1S/C20H24N2O3.ClH/c1-15-7-8-16(19(11-15)25-18-5-3-2-4-6-18)13-22-20(23)12-17-14-24-10-9-21-17;/h2-8,11,17,21H,9-10,12-14H2,1H3,(H,22,23);1H. The quantitative estimate of drug-likeness (QED) is 0.812. The van der Waals surface area contributed by atoms with E-state index in [-0.39, 0.29) is 24.4 Å². The van der Waals surface area contributed by atoms with Gasteiger partial charge in [0.1, 0.15) is 11.5 Å². The third kappa shape index (κ3) is 6.02. The number of benzene rings is 2. The monoisotopic (exact) mass is 376 g/mol. The number of nitrogens with one attached hydrogen (secondary N) is 2. The van der Waals surface area contributed by atoms with E-state index in [2.05, 4.69) is 10.6 Å². The van der Waals surface area contributed by atoms with Crippen LogP contribution in [0.25, 0.3) is 0 Å². The van der Waals surface area contributed by atoms with Gasteiger partial charge in [0, 0.05) is 31.1 Å². The van der Waals surface area contributed by atoms with Crippen LogP contribution in [-0.2, 0) is 16.1 Å². The van der Waals surface area contributed by atoms with Crippen molar-refractivity contribution >= 4 is 18.3 Å². The fourth-order valence-electron chi connectivity index (χ4n) is 2.76. The third-order valence-electron chi connectivity index (χ3n) is 4.10. The molecule has 0 bridgehead atoms. The van der Waals surface area contributed by atoms with E-state index in [0.717, 1.165) is 29.2 Å². The van der Waals surface area contributed by atoms with Crippen LogP contribution in [0.4, 0.5) is 0 Å². The van der Waals surface area contributed by atoms with Crippen molar-refractivity contribution in [3.63, 3.8) is 0 Å². The van der Waals surface area contributed by atoms with Gasteiger partial charge < -0.3 is 20.1 Å². The first-order chi connectivity index (χ1) is 12.2. The summed E-state index contributed by atoms with van der Waals surface area (Å²) in [5, 5.41) is 6.27. The molecule has 1 unspecified atom stereocenters. The third-order valence-corrected chi connectivity index (χ3v) is 4.10. The van der Waals surface area contributed by atoms with E-state index in [4.69, 9.17) is 9.47 Å². The van der Waals surface area contributed by atoms with E-state index in [0.29, 0.717) is 26.2 Å². The lowest BCUT2D eigenvalue weighted by Gasteiger charge is -2.23. The molecule has 1 aliphatic rings. The highest BCUT2D eigenvalue weighted by atomic mass is 35.5. The number of carbonyl (C=O) groups is 1. The van der Waals surface area contributed by atoms with E-state index in [1.54, 1.807) is 0 Å². The molecular weight excluding hydrogens is 352 g/mol. The van der Waals surface area contributed by atoms with E-state index in [9.17, 15) is 4.79 Å². The summed E-state index contributed by atoms with van der Waals surface area (Å²) >= 11 is 0. The summed E-state index contributed by atoms with van der Waals surface area (Å²) in [7, 11) is 0. The van der Waals surface area contributed by atoms with Crippen LogP contribution in [0.5, 0.6) is 11.5 Å². The van der Waals surface area contributed by atoms with Gasteiger partial charge in [0.2, 0.25) is 5.91 Å². The maximum atomic E-state index is 12.2. The maximum absolute atomic E-state index is 12.2. The zero-order chi connectivity index (χ0) is 17.5. The summed E-state index contributed by atoms with van der Waals surface area (Å²) in [5.41, 5.74) is 2.07. The van der Waals surface area contributed by atoms with Crippen molar-refractivity contribution in [2.24, 2.45) is 0 Å². The predicted octanol–water partition coefficient (Wildman–Crippen LogP) is 3.20. The SMILES string of the molecule is Cc1ccc(CNC(=O)CC2COCCN2)c(Oc2ccccc2)c1.Cl. The Morgan fingerprint density at radius 2 is 2.08 bits per heavy atom. The largest absolute Gasteiger partial charge is 0.457 e. The molecule has 2 N–H and O–H groups in total. The second-order valence-electron chi connectivity index (χ2n) is 6.23. The van der Waals surface area contributed by atoms with Gasteiger partial charge in [-0.1, -0.05) is 30.3 Å². The van der Waals surface area contributed by atoms with Gasteiger partial charge in [0.05, 0.1) is 13.2 Å². The lowest BCUT2D eigenvalue weighted by Crippen LogP contribution is -2.44. The van der Waals surface area contributed by atoms with Crippen LogP contribution >= 0.6 is 12.4 Å². The number of hydrogen-bond donors (Lipinski definition) is 2. The molecule has 0 spiro atoms. The zero-order valence-electron chi connectivity index (χ0n) is 14.9. The molecule has 1 atom stereocenters. The van der Waals surface area contributed by atoms with E-state index >= 15 is 0 Å². The molecule has 1 heterocycles. The Morgan fingerprint density at radius 3 is 2.81 bits per heavy atom. The molecule has 1 aliphatic heterocycles. The molecule has 3 rings (SSSR count). The molecule has 2 aromatic rings. The molecule has 5 nitrogen and oxygen atoms in total. The summed E-state index contributed by atoms with van der Waals surface area (Å²) in [4.78, 5) is 12.2. The van der Waals surface area contributed by atoms with Crippen molar-refractivity contribution in [2.45, 2.75) is 25.9 Å². The van der Waals surface area contributed by atoms with Gasteiger partial charge >= 0.3 is 0 Å². The number of hydrogen-bond acceptors (Lipinski definition) is 4. The minimum Gasteiger partial charge on any atom is -0.457 e. The second-order valence-corrected chi connectivity index (χ2v) is 6.23. The molecule has 1 saturated heterocycles. The minimum absolute atomic E-state index is 0. The van der Waals surface area contributed by atoms with Gasteiger partial charge in [0.15, 0.2) is 0 Å². The van der Waals surface area contributed by atoms with Crippen LogP contribution in [0.1, 0.15) is 17.5 Å². The fourth-order valence-corrected chi connectivity index (χ4v) is 2.76. The van der Waals surface area contributed by atoms with Gasteiger partial charge in [0.25, 0.3) is 0 Å². The van der Waals surface area contributed by atoms with Crippen molar-refractivity contribution in [1.82, 2.24) is 10.6 Å². The normalized spacial score (nSPS) is 16.4. The van der Waals surface area contributed by atoms with Crippen LogP contribution < -0.4 is 15.4 Å². The van der Waals surface area contributed by atoms with Gasteiger partial charge in [-0.15, -0.1) is 12.4 Å². The fraction of sp³-hybridized carbons (Fsp3) is 0.350. The summed E-state index contributed by atoms with van der Waals surface area (Å²) in [6.07, 6.45) is 0.417. The molecule has 0 radical (unpaired) electrons. The lowest BCUT2D eigenvalue weighted by atomic mass is 10.1. The highest BCUT2D eigenvalue weighted by molar-refractivity contribution is 5.85. The topological polar surface area (TPSA) is 59.6 Å². The molecule has 26 heavy (non-hydrogen) atoms. The van der Waals surface area contributed by atoms with E-state index in [1.807, 2.05) is 55.5 Å². The van der Waals surface area contributed by atoms with Crippen LogP contribution in [0.2, 0.25) is 0 Å². The first-order valence-electron chi connectivity index (χ1n) is 8.61. The number of amides is 1. The maximum Gasteiger partial charge on any atom is 0.221 e. The van der Waals surface area contributed by atoms with E-state index in [1.165, 1.54) is 0 Å². The lowest BCUT2D eigenvalue weighted by molar-refractivity contribution is -0.122. The smallest absolute Gasteiger partial charge is 0.221 e. The predicted molar refractivity (Wildman–Crippen MR) is 104 cm³/mol. The Morgan fingerprint density at radius 1 is 1.27 bits per heavy atom. The van der Waals surface area contributed by atoms with Crippen LogP contribution in [0.15, 0.2) is 48.5 Å². The van der Waals surface area contributed by atoms with Gasteiger partial charge in [-0.3, -0.25) is 4.79 Å². The molecule has 0 aromatic heterocycles. The molecule has 0 aliphatic carbocycles. The summed E-state index contributed by atoms with van der Waals surface area (Å²) < 4.78 is 11.4. The Bertz CT molecular complexity index is 703. The van der Waals surface area contributed by atoms with Crippen LogP contribution in [0, 0.1) is 6.92 Å². The molecule has 140 valence electrons. The molecular formula is C20H25ClN2O3. The zero-order valence-corrected chi connectivity index (χ0v) is 15.7. The Hall–Kier alpha value is -2.08. The summed E-state index contributed by atoms with van der Waals surface area (Å²) in [6, 6.07) is 15.8. The van der Waals surface area contributed by atoms with Crippen LogP contribution in [0.3, 0.4) is 0 Å². The van der Waals surface area contributed by atoms with Crippen molar-refractivity contribution in [1.29, 1.82) is 0 Å². The average Bonchev–Trinajstić information content (AvgIpc) is 2.63. The van der Waals surface area contributed by atoms with Crippen molar-refractivity contribution in [3.8, 4) is 11.5 Å². The Balaban J connectivity index is 0.00000243. The van der Waals surface area contributed by atoms with Gasteiger partial charge in [-0.05, 0) is 30.7 Å². The second kappa shape index (κ2) is 10.2. The summed E-state index contributed by atoms with van der Waals surface area (Å²) in [6.45, 7) is 4.55. The molecule has 1 fully saturated rings. The van der Waals surface area contributed by atoms with Gasteiger partial charge in [-0.2, -0.15) is 0 Å². The molecule has 6 heteroatoms. The minimum atomic E-state index is 0. The Labute approximate surface area is 160 Å².